The van der Waals surface area contributed by atoms with Gasteiger partial charge in [-0.15, -0.1) is 11.3 Å². The number of nitrogens with one attached hydrogen (secondary N) is 1. The smallest absolute Gasteiger partial charge is 0.234 e. The van der Waals surface area contributed by atoms with Crippen LogP contribution in [0, 0.1) is 0 Å². The van der Waals surface area contributed by atoms with Crippen molar-refractivity contribution in [1.82, 2.24) is 15.1 Å². The summed E-state index contributed by atoms with van der Waals surface area (Å²) in [4.78, 5) is 18.2. The number of rotatable bonds is 6. The summed E-state index contributed by atoms with van der Waals surface area (Å²) in [5, 5.41) is 6.22. The lowest BCUT2D eigenvalue weighted by Crippen LogP contribution is -2.48. The molecular formula is C18H21Cl2N3OS. The molecule has 0 aliphatic carbocycles. The van der Waals surface area contributed by atoms with Crippen LogP contribution in [0.4, 0.5) is 0 Å². The molecule has 25 heavy (non-hydrogen) atoms. The number of hydrogen-bond donors (Lipinski definition) is 1. The molecule has 0 spiro atoms. The molecule has 1 aromatic carbocycles. The van der Waals surface area contributed by atoms with Gasteiger partial charge in [0.15, 0.2) is 0 Å². The van der Waals surface area contributed by atoms with E-state index >= 15 is 0 Å². The van der Waals surface area contributed by atoms with Gasteiger partial charge in [-0.2, -0.15) is 0 Å². The van der Waals surface area contributed by atoms with Gasteiger partial charge in [0.1, 0.15) is 0 Å². The molecule has 1 saturated heterocycles. The van der Waals surface area contributed by atoms with E-state index in [2.05, 4.69) is 32.6 Å². The summed E-state index contributed by atoms with van der Waals surface area (Å²) in [7, 11) is 0. The van der Waals surface area contributed by atoms with E-state index in [1.165, 1.54) is 4.88 Å². The molecule has 134 valence electrons. The SMILES string of the molecule is O=C(CN1CCN(Cc2cccs2)CC1)NCc1ccc(Cl)cc1Cl. The van der Waals surface area contributed by atoms with Gasteiger partial charge in [-0.1, -0.05) is 35.3 Å². The number of thiophene rings is 1. The van der Waals surface area contributed by atoms with E-state index in [0.717, 1.165) is 38.3 Å². The Labute approximate surface area is 162 Å². The van der Waals surface area contributed by atoms with Gasteiger partial charge >= 0.3 is 0 Å². The molecule has 1 amide bonds. The lowest BCUT2D eigenvalue weighted by molar-refractivity contribution is -0.122. The van der Waals surface area contributed by atoms with Crippen molar-refractivity contribution in [2.45, 2.75) is 13.1 Å². The quantitative estimate of drug-likeness (QED) is 0.809. The number of carbonyl (C=O) groups excluding carboxylic acids is 1. The van der Waals surface area contributed by atoms with Crippen molar-refractivity contribution in [3.8, 4) is 0 Å². The van der Waals surface area contributed by atoms with Crippen LogP contribution in [0.5, 0.6) is 0 Å². The highest BCUT2D eigenvalue weighted by Crippen LogP contribution is 2.20. The highest BCUT2D eigenvalue weighted by atomic mass is 35.5. The molecule has 2 aromatic rings. The molecule has 1 N–H and O–H groups in total. The minimum absolute atomic E-state index is 0.0257. The van der Waals surface area contributed by atoms with Gasteiger partial charge in [0, 0.05) is 54.2 Å². The van der Waals surface area contributed by atoms with Crippen molar-refractivity contribution in [2.24, 2.45) is 0 Å². The van der Waals surface area contributed by atoms with Crippen LogP contribution in [0.3, 0.4) is 0 Å². The van der Waals surface area contributed by atoms with Gasteiger partial charge in [-0.3, -0.25) is 14.6 Å². The Morgan fingerprint density at radius 1 is 1.12 bits per heavy atom. The summed E-state index contributed by atoms with van der Waals surface area (Å²) < 4.78 is 0. The first-order chi connectivity index (χ1) is 12.1. The molecule has 0 bridgehead atoms. The molecule has 2 heterocycles. The minimum Gasteiger partial charge on any atom is -0.351 e. The molecule has 1 aliphatic rings. The molecule has 0 saturated carbocycles. The van der Waals surface area contributed by atoms with Gasteiger partial charge in [-0.25, -0.2) is 0 Å². The number of amides is 1. The van der Waals surface area contributed by atoms with Crippen LogP contribution in [0.15, 0.2) is 35.7 Å². The average molecular weight is 398 g/mol. The number of nitrogens with zero attached hydrogens (tertiary/aromatic N) is 2. The van der Waals surface area contributed by atoms with E-state index in [4.69, 9.17) is 23.2 Å². The van der Waals surface area contributed by atoms with E-state index in [-0.39, 0.29) is 5.91 Å². The molecule has 1 aliphatic heterocycles. The zero-order chi connectivity index (χ0) is 17.6. The fourth-order valence-electron chi connectivity index (χ4n) is 2.85. The van der Waals surface area contributed by atoms with Crippen molar-refractivity contribution >= 4 is 40.4 Å². The van der Waals surface area contributed by atoms with Crippen molar-refractivity contribution in [1.29, 1.82) is 0 Å². The van der Waals surface area contributed by atoms with Crippen molar-refractivity contribution in [3.63, 3.8) is 0 Å². The molecule has 0 atom stereocenters. The highest BCUT2D eigenvalue weighted by molar-refractivity contribution is 7.09. The number of carbonyl (C=O) groups is 1. The second kappa shape index (κ2) is 9.01. The largest absolute Gasteiger partial charge is 0.351 e. The average Bonchev–Trinajstić information content (AvgIpc) is 3.09. The van der Waals surface area contributed by atoms with Crippen molar-refractivity contribution in [3.05, 3.63) is 56.2 Å². The van der Waals surface area contributed by atoms with E-state index in [0.29, 0.717) is 23.1 Å². The summed E-state index contributed by atoms with van der Waals surface area (Å²) in [6.07, 6.45) is 0. The fraction of sp³-hybridized carbons (Fsp3) is 0.389. The summed E-state index contributed by atoms with van der Waals surface area (Å²) in [5.74, 6) is 0.0257. The zero-order valence-corrected chi connectivity index (χ0v) is 16.2. The standard InChI is InChI=1S/C18H21Cl2N3OS/c19-15-4-3-14(17(20)10-15)11-21-18(24)13-23-7-5-22(6-8-23)12-16-2-1-9-25-16/h1-4,9-10H,5-8,11-13H2,(H,21,24). The molecule has 1 aromatic heterocycles. The first kappa shape index (κ1) is 18.7. The number of halogens is 2. The Kier molecular flexibility index (Phi) is 6.73. The van der Waals surface area contributed by atoms with Crippen LogP contribution >= 0.6 is 34.5 Å². The second-order valence-electron chi connectivity index (χ2n) is 6.14. The predicted molar refractivity (Wildman–Crippen MR) is 104 cm³/mol. The van der Waals surface area contributed by atoms with Crippen molar-refractivity contribution < 1.29 is 4.79 Å². The summed E-state index contributed by atoms with van der Waals surface area (Å²) in [6, 6.07) is 9.58. The van der Waals surface area contributed by atoms with E-state index in [9.17, 15) is 4.79 Å². The van der Waals surface area contributed by atoms with Crippen LogP contribution in [-0.4, -0.2) is 48.4 Å². The monoisotopic (exact) mass is 397 g/mol. The van der Waals surface area contributed by atoms with Crippen LogP contribution in [0.1, 0.15) is 10.4 Å². The Morgan fingerprint density at radius 3 is 2.56 bits per heavy atom. The van der Waals surface area contributed by atoms with Gasteiger partial charge in [0.05, 0.1) is 6.54 Å². The normalized spacial score (nSPS) is 16.1. The third kappa shape index (κ3) is 5.69. The van der Waals surface area contributed by atoms with Gasteiger partial charge in [-0.05, 0) is 29.1 Å². The molecule has 7 heteroatoms. The van der Waals surface area contributed by atoms with Gasteiger partial charge in [0.25, 0.3) is 0 Å². The van der Waals surface area contributed by atoms with Crippen LogP contribution < -0.4 is 5.32 Å². The lowest BCUT2D eigenvalue weighted by Gasteiger charge is -2.34. The van der Waals surface area contributed by atoms with Gasteiger partial charge < -0.3 is 5.32 Å². The summed E-state index contributed by atoms with van der Waals surface area (Å²) >= 11 is 13.8. The van der Waals surface area contributed by atoms with E-state index in [1.54, 1.807) is 23.5 Å². The predicted octanol–water partition coefficient (Wildman–Crippen LogP) is 3.49. The first-order valence-electron chi connectivity index (χ1n) is 8.28. The van der Waals surface area contributed by atoms with Crippen LogP contribution in [-0.2, 0) is 17.9 Å². The Morgan fingerprint density at radius 2 is 1.88 bits per heavy atom. The number of piperazine rings is 1. The maximum absolute atomic E-state index is 12.2. The van der Waals surface area contributed by atoms with Crippen LogP contribution in [0.2, 0.25) is 10.0 Å². The van der Waals surface area contributed by atoms with Crippen molar-refractivity contribution in [2.75, 3.05) is 32.7 Å². The fourth-order valence-corrected chi connectivity index (χ4v) is 4.07. The van der Waals surface area contributed by atoms with E-state index < -0.39 is 0 Å². The molecule has 1 fully saturated rings. The molecule has 3 rings (SSSR count). The third-order valence-electron chi connectivity index (χ3n) is 4.28. The highest BCUT2D eigenvalue weighted by Gasteiger charge is 2.19. The third-order valence-corrected chi connectivity index (χ3v) is 5.73. The summed E-state index contributed by atoms with van der Waals surface area (Å²) in [5.41, 5.74) is 0.875. The number of hydrogen-bond acceptors (Lipinski definition) is 4. The second-order valence-corrected chi connectivity index (χ2v) is 8.02. The maximum Gasteiger partial charge on any atom is 0.234 e. The molecular weight excluding hydrogens is 377 g/mol. The Hall–Kier alpha value is -1.11. The topological polar surface area (TPSA) is 35.6 Å². The first-order valence-corrected chi connectivity index (χ1v) is 9.91. The molecule has 4 nitrogen and oxygen atoms in total. The Balaban J connectivity index is 1.39. The lowest BCUT2D eigenvalue weighted by atomic mass is 10.2. The molecule has 0 unspecified atom stereocenters. The summed E-state index contributed by atoms with van der Waals surface area (Å²) in [6.45, 7) is 5.68. The van der Waals surface area contributed by atoms with E-state index in [1.807, 2.05) is 6.07 Å². The van der Waals surface area contributed by atoms with Crippen LogP contribution in [0.25, 0.3) is 0 Å². The number of benzene rings is 1. The Bertz CT molecular complexity index is 700. The zero-order valence-electron chi connectivity index (χ0n) is 13.9. The molecule has 0 radical (unpaired) electrons. The minimum atomic E-state index is 0.0257. The maximum atomic E-state index is 12.2. The van der Waals surface area contributed by atoms with Gasteiger partial charge in [0.2, 0.25) is 5.91 Å².